The summed E-state index contributed by atoms with van der Waals surface area (Å²) in [5, 5.41) is 10.2. The van der Waals surface area contributed by atoms with Crippen LogP contribution >= 0.6 is 11.8 Å². The molecule has 6 atom stereocenters. The van der Waals surface area contributed by atoms with E-state index >= 15 is 0 Å². The Labute approximate surface area is 232 Å². The van der Waals surface area contributed by atoms with Crippen LogP contribution in [0.5, 0.6) is 0 Å². The van der Waals surface area contributed by atoms with Crippen molar-refractivity contribution in [2.45, 2.75) is 102 Å². The van der Waals surface area contributed by atoms with Crippen LogP contribution in [-0.2, 0) is 19.1 Å². The number of hydrogen-bond acceptors (Lipinski definition) is 6. The minimum absolute atomic E-state index is 0.00408. The van der Waals surface area contributed by atoms with Crippen molar-refractivity contribution in [3.05, 3.63) is 24.3 Å². The molecular weight excluding hydrogens is 500 g/mol. The Balaban J connectivity index is 1.86. The van der Waals surface area contributed by atoms with Crippen molar-refractivity contribution >= 4 is 29.5 Å². The summed E-state index contributed by atoms with van der Waals surface area (Å²) in [5.74, 6) is -2.14. The normalized spacial score (nSPS) is 34.0. The first-order valence-electron chi connectivity index (χ1n) is 14.2. The van der Waals surface area contributed by atoms with E-state index in [1.165, 1.54) is 0 Å². The molecule has 2 saturated heterocycles. The van der Waals surface area contributed by atoms with Crippen molar-refractivity contribution in [2.24, 2.45) is 23.2 Å². The van der Waals surface area contributed by atoms with Crippen molar-refractivity contribution in [1.29, 1.82) is 0 Å². The monoisotopic (exact) mass is 546 g/mol. The molecule has 8 heteroatoms. The molecule has 1 N–H and O–H groups in total. The third-order valence-corrected chi connectivity index (χ3v) is 10.3. The van der Waals surface area contributed by atoms with E-state index in [1.54, 1.807) is 16.7 Å². The number of esters is 1. The molecule has 1 unspecified atom stereocenters. The number of aliphatic hydroxyl groups is 1. The van der Waals surface area contributed by atoms with E-state index in [9.17, 15) is 19.5 Å². The topological polar surface area (TPSA) is 87.2 Å². The van der Waals surface area contributed by atoms with Gasteiger partial charge in [-0.1, -0.05) is 58.9 Å². The summed E-state index contributed by atoms with van der Waals surface area (Å²) in [6.45, 7) is 15.2. The summed E-state index contributed by atoms with van der Waals surface area (Å²) in [4.78, 5) is 46.2. The van der Waals surface area contributed by atoms with Gasteiger partial charge in [0.25, 0.3) is 0 Å². The molecule has 4 aliphatic rings. The van der Waals surface area contributed by atoms with Crippen LogP contribution in [0.15, 0.2) is 24.3 Å². The zero-order valence-electron chi connectivity index (χ0n) is 24.1. The zero-order chi connectivity index (χ0) is 28.0. The summed E-state index contributed by atoms with van der Waals surface area (Å²) in [5.41, 5.74) is -0.458. The fourth-order valence-corrected chi connectivity index (χ4v) is 9.26. The van der Waals surface area contributed by atoms with Crippen molar-refractivity contribution in [1.82, 2.24) is 9.80 Å². The van der Waals surface area contributed by atoms with Crippen molar-refractivity contribution in [2.75, 3.05) is 19.8 Å². The number of aliphatic hydroxyl groups excluding tert-OH is 1. The SMILES string of the molecule is CC(C)[C@H](CO)N1C(=O)[C@@H]2[C@@H]3C(=O)OCCCC/C=C\[C@@H]3S[C@@]23C=CCN(C(C)(C)CC(C)(C)C)C(=O)C13. The fraction of sp³-hybridized carbons (Fsp3) is 0.767. The van der Waals surface area contributed by atoms with E-state index in [1.807, 2.05) is 30.9 Å². The molecule has 0 aromatic heterocycles. The number of carbonyl (C=O) groups excluding carboxylic acids is 3. The molecule has 0 radical (unpaired) electrons. The first kappa shape index (κ1) is 29.2. The molecule has 212 valence electrons. The number of fused-ring (bicyclic) bond motifs is 2. The number of allylic oxidation sites excluding steroid dienone is 1. The van der Waals surface area contributed by atoms with Crippen LogP contribution in [0.2, 0.25) is 0 Å². The second-order valence-corrected chi connectivity index (χ2v) is 15.1. The lowest BCUT2D eigenvalue weighted by atomic mass is 9.78. The Morgan fingerprint density at radius 1 is 1.11 bits per heavy atom. The lowest BCUT2D eigenvalue weighted by molar-refractivity contribution is -0.154. The van der Waals surface area contributed by atoms with Crippen LogP contribution < -0.4 is 0 Å². The number of ether oxygens (including phenoxy) is 1. The predicted octanol–water partition coefficient (Wildman–Crippen LogP) is 4.20. The van der Waals surface area contributed by atoms with Gasteiger partial charge in [-0.25, -0.2) is 0 Å². The van der Waals surface area contributed by atoms with Crippen molar-refractivity contribution in [3.8, 4) is 0 Å². The van der Waals surface area contributed by atoms with E-state index in [-0.39, 0.29) is 41.0 Å². The molecule has 38 heavy (non-hydrogen) atoms. The summed E-state index contributed by atoms with van der Waals surface area (Å²) in [7, 11) is 0. The fourth-order valence-electron chi connectivity index (χ4n) is 7.27. The Kier molecular flexibility index (Phi) is 8.17. The number of carbonyl (C=O) groups is 3. The third-order valence-electron chi connectivity index (χ3n) is 8.55. The van der Waals surface area contributed by atoms with Crippen LogP contribution in [0.4, 0.5) is 0 Å². The quantitative estimate of drug-likeness (QED) is 0.411. The molecule has 0 aromatic rings. The third kappa shape index (κ3) is 5.07. The van der Waals surface area contributed by atoms with Gasteiger partial charge in [0.15, 0.2) is 0 Å². The molecular formula is C30H46N2O5S. The molecule has 1 spiro atoms. The lowest BCUT2D eigenvalue weighted by Gasteiger charge is -2.45. The molecule has 0 saturated carbocycles. The second kappa shape index (κ2) is 10.6. The van der Waals surface area contributed by atoms with Gasteiger partial charge in [-0.3, -0.25) is 14.4 Å². The van der Waals surface area contributed by atoms with E-state index in [4.69, 9.17) is 4.74 Å². The second-order valence-electron chi connectivity index (χ2n) is 13.6. The van der Waals surface area contributed by atoms with E-state index in [2.05, 4.69) is 46.8 Å². The summed E-state index contributed by atoms with van der Waals surface area (Å²) >= 11 is 1.56. The first-order chi connectivity index (χ1) is 17.7. The van der Waals surface area contributed by atoms with Gasteiger partial charge in [0.05, 0.1) is 35.8 Å². The summed E-state index contributed by atoms with van der Waals surface area (Å²) in [6.07, 6.45) is 11.6. The molecule has 0 aromatic carbocycles. The largest absolute Gasteiger partial charge is 0.465 e. The Morgan fingerprint density at radius 2 is 1.82 bits per heavy atom. The number of nitrogens with zero attached hydrogens (tertiary/aromatic N) is 2. The standard InChI is InChI=1S/C30H46N2O5S/c1-19(2)20(17-33)32-24-26(35)31(29(6,7)18-28(3,4)5)15-12-14-30(24)23(25(32)34)22-21(38-30)13-10-8-9-11-16-37-27(22)36/h10,12-14,19-24,33H,8-9,11,15-18H2,1-7H3/b13-10-/t20-,21-,22+,23-,24?,30-/m0/s1. The number of likely N-dealkylation sites (tertiary alicyclic amines) is 1. The van der Waals surface area contributed by atoms with Crippen molar-refractivity contribution in [3.63, 3.8) is 0 Å². The summed E-state index contributed by atoms with van der Waals surface area (Å²) < 4.78 is 4.79. The first-order valence-corrected chi connectivity index (χ1v) is 15.1. The molecule has 2 fully saturated rings. The molecule has 4 aliphatic heterocycles. The maximum Gasteiger partial charge on any atom is 0.311 e. The highest BCUT2D eigenvalue weighted by atomic mass is 32.2. The van der Waals surface area contributed by atoms with E-state index in [0.717, 1.165) is 25.7 Å². The maximum absolute atomic E-state index is 14.7. The lowest BCUT2D eigenvalue weighted by Crippen LogP contribution is -2.61. The van der Waals surface area contributed by atoms with Crippen LogP contribution in [-0.4, -0.2) is 80.1 Å². The minimum Gasteiger partial charge on any atom is -0.465 e. The zero-order valence-corrected chi connectivity index (χ0v) is 24.9. The molecule has 2 amide bonds. The average molecular weight is 547 g/mol. The van der Waals surface area contributed by atoms with Gasteiger partial charge in [-0.15, -0.1) is 11.8 Å². The van der Waals surface area contributed by atoms with Gasteiger partial charge in [0, 0.05) is 17.3 Å². The van der Waals surface area contributed by atoms with Gasteiger partial charge in [-0.2, -0.15) is 0 Å². The van der Waals surface area contributed by atoms with E-state index in [0.29, 0.717) is 13.2 Å². The number of thioether (sulfide) groups is 1. The number of rotatable bonds is 5. The smallest absolute Gasteiger partial charge is 0.311 e. The van der Waals surface area contributed by atoms with Gasteiger partial charge in [-0.05, 0) is 50.9 Å². The minimum atomic E-state index is -0.907. The van der Waals surface area contributed by atoms with Gasteiger partial charge >= 0.3 is 5.97 Å². The molecule has 0 aliphatic carbocycles. The maximum atomic E-state index is 14.7. The number of hydrogen-bond donors (Lipinski definition) is 1. The van der Waals surface area contributed by atoms with E-state index < -0.39 is 34.2 Å². The molecule has 4 rings (SSSR count). The molecule has 0 bridgehead atoms. The predicted molar refractivity (Wildman–Crippen MR) is 150 cm³/mol. The number of amides is 2. The number of cyclic esters (lactones) is 1. The van der Waals surface area contributed by atoms with Gasteiger partial charge in [0.1, 0.15) is 6.04 Å². The van der Waals surface area contributed by atoms with Gasteiger partial charge < -0.3 is 19.6 Å². The molecule has 7 nitrogen and oxygen atoms in total. The van der Waals surface area contributed by atoms with Crippen LogP contribution in [0.1, 0.15) is 74.1 Å². The highest BCUT2D eigenvalue weighted by molar-refractivity contribution is 8.02. The Bertz CT molecular complexity index is 999. The summed E-state index contributed by atoms with van der Waals surface area (Å²) in [6, 6.07) is -1.33. The average Bonchev–Trinajstić information content (AvgIpc) is 3.17. The highest BCUT2D eigenvalue weighted by Gasteiger charge is 2.72. The van der Waals surface area contributed by atoms with Crippen LogP contribution in [0.3, 0.4) is 0 Å². The Hall–Kier alpha value is -1.80. The van der Waals surface area contributed by atoms with Gasteiger partial charge in [0.2, 0.25) is 11.8 Å². The Morgan fingerprint density at radius 3 is 2.45 bits per heavy atom. The van der Waals surface area contributed by atoms with Crippen LogP contribution in [0.25, 0.3) is 0 Å². The highest BCUT2D eigenvalue weighted by Crippen LogP contribution is 2.61. The van der Waals surface area contributed by atoms with Crippen molar-refractivity contribution < 1.29 is 24.2 Å². The molecule has 4 heterocycles. The van der Waals surface area contributed by atoms with Crippen LogP contribution in [0, 0.1) is 23.2 Å².